The summed E-state index contributed by atoms with van der Waals surface area (Å²) in [5, 5.41) is 4.19. The summed E-state index contributed by atoms with van der Waals surface area (Å²) in [4.78, 5) is 8.75. The molecular weight excluding hydrogens is 326 g/mol. The highest BCUT2D eigenvalue weighted by Crippen LogP contribution is 2.43. The van der Waals surface area contributed by atoms with E-state index in [4.69, 9.17) is 23.7 Å². The molecule has 2 atom stereocenters. The maximum Gasteiger partial charge on any atom is 0.205 e. The number of aromatic nitrogens is 2. The number of methoxy groups -OCH3 is 4. The second-order valence-electron chi connectivity index (χ2n) is 5.65. The molecule has 0 aliphatic carbocycles. The van der Waals surface area contributed by atoms with Crippen LogP contribution in [0.4, 0.5) is 5.82 Å². The van der Waals surface area contributed by atoms with Crippen molar-refractivity contribution in [2.24, 2.45) is 0 Å². The Bertz CT molecular complexity index is 740. The molecule has 1 N–H and O–H groups in total. The average molecular weight is 349 g/mol. The Morgan fingerprint density at radius 2 is 1.88 bits per heavy atom. The summed E-state index contributed by atoms with van der Waals surface area (Å²) in [6, 6.07) is 1.83. The molecule has 0 saturated carbocycles. The van der Waals surface area contributed by atoms with E-state index in [0.29, 0.717) is 41.8 Å². The molecule has 1 aromatic heterocycles. The van der Waals surface area contributed by atoms with Gasteiger partial charge in [0.2, 0.25) is 5.75 Å². The largest absolute Gasteiger partial charge is 0.493 e. The third kappa shape index (κ3) is 3.27. The molecule has 3 rings (SSSR count). The normalized spacial score (nSPS) is 20.3. The number of rotatable bonds is 6. The van der Waals surface area contributed by atoms with Crippen molar-refractivity contribution in [1.29, 1.82) is 0 Å². The molecule has 8 heteroatoms. The summed E-state index contributed by atoms with van der Waals surface area (Å²) in [5.74, 6) is 2.22. The predicted molar refractivity (Wildman–Crippen MR) is 92.8 cm³/mol. The topological polar surface area (TPSA) is 84.0 Å². The van der Waals surface area contributed by atoms with Crippen molar-refractivity contribution in [1.82, 2.24) is 9.97 Å². The maximum atomic E-state index is 5.57. The fraction of sp³-hybridized carbons (Fsp3) is 0.529. The zero-order chi connectivity index (χ0) is 17.8. The van der Waals surface area contributed by atoms with Crippen LogP contribution in [-0.2, 0) is 9.47 Å². The molecule has 0 amide bonds. The second-order valence-corrected chi connectivity index (χ2v) is 5.65. The van der Waals surface area contributed by atoms with Crippen LogP contribution in [0.25, 0.3) is 10.9 Å². The van der Waals surface area contributed by atoms with Gasteiger partial charge >= 0.3 is 0 Å². The molecule has 25 heavy (non-hydrogen) atoms. The summed E-state index contributed by atoms with van der Waals surface area (Å²) in [5.41, 5.74) is 0.642. The predicted octanol–water partition coefficient (Wildman–Crippen LogP) is 1.87. The molecule has 0 bridgehead atoms. The minimum Gasteiger partial charge on any atom is -0.493 e. The lowest BCUT2D eigenvalue weighted by Crippen LogP contribution is -2.43. The molecule has 0 radical (unpaired) electrons. The van der Waals surface area contributed by atoms with Gasteiger partial charge in [0, 0.05) is 13.7 Å². The van der Waals surface area contributed by atoms with Crippen LogP contribution < -0.4 is 19.5 Å². The van der Waals surface area contributed by atoms with E-state index in [1.54, 1.807) is 28.4 Å². The number of anilines is 1. The van der Waals surface area contributed by atoms with Crippen molar-refractivity contribution >= 4 is 16.7 Å². The van der Waals surface area contributed by atoms with Crippen LogP contribution in [0.5, 0.6) is 17.2 Å². The lowest BCUT2D eigenvalue weighted by molar-refractivity contribution is -0.0200. The van der Waals surface area contributed by atoms with Crippen LogP contribution in [-0.4, -0.2) is 63.8 Å². The van der Waals surface area contributed by atoms with Crippen molar-refractivity contribution in [3.63, 3.8) is 0 Å². The van der Waals surface area contributed by atoms with Crippen LogP contribution >= 0.6 is 0 Å². The van der Waals surface area contributed by atoms with Gasteiger partial charge < -0.3 is 29.0 Å². The van der Waals surface area contributed by atoms with Gasteiger partial charge in [0.25, 0.3) is 0 Å². The SMILES string of the molecule is COc1cc2c(N[C@@H]3COCC[C@H]3OC)ncnc2c(OC)c1OC. The summed E-state index contributed by atoms with van der Waals surface area (Å²) in [7, 11) is 6.42. The van der Waals surface area contributed by atoms with E-state index in [1.165, 1.54) is 6.33 Å². The summed E-state index contributed by atoms with van der Waals surface area (Å²) < 4.78 is 27.5. The molecule has 136 valence electrons. The van der Waals surface area contributed by atoms with E-state index in [9.17, 15) is 0 Å². The number of benzene rings is 1. The van der Waals surface area contributed by atoms with E-state index >= 15 is 0 Å². The number of ether oxygens (including phenoxy) is 5. The first-order chi connectivity index (χ1) is 12.2. The number of fused-ring (bicyclic) bond motifs is 1. The van der Waals surface area contributed by atoms with Gasteiger partial charge in [-0.1, -0.05) is 0 Å². The fourth-order valence-corrected chi connectivity index (χ4v) is 3.09. The molecule has 8 nitrogen and oxygen atoms in total. The molecule has 0 unspecified atom stereocenters. The Kier molecular flexibility index (Phi) is 5.40. The molecular formula is C17H23N3O5. The monoisotopic (exact) mass is 349 g/mol. The summed E-state index contributed by atoms with van der Waals surface area (Å²) in [6.07, 6.45) is 2.38. The van der Waals surface area contributed by atoms with E-state index < -0.39 is 0 Å². The first-order valence-corrected chi connectivity index (χ1v) is 8.04. The van der Waals surface area contributed by atoms with E-state index in [2.05, 4.69) is 15.3 Å². The molecule has 1 fully saturated rings. The van der Waals surface area contributed by atoms with Gasteiger partial charge in [-0.05, 0) is 12.5 Å². The van der Waals surface area contributed by atoms with Gasteiger partial charge in [-0.2, -0.15) is 0 Å². The summed E-state index contributed by atoms with van der Waals surface area (Å²) >= 11 is 0. The van der Waals surface area contributed by atoms with Crippen molar-refractivity contribution in [3.05, 3.63) is 12.4 Å². The number of nitrogens with zero attached hydrogens (tertiary/aromatic N) is 2. The highest BCUT2D eigenvalue weighted by Gasteiger charge is 2.27. The number of hydrogen-bond donors (Lipinski definition) is 1. The van der Waals surface area contributed by atoms with Gasteiger partial charge in [-0.3, -0.25) is 0 Å². The van der Waals surface area contributed by atoms with Crippen molar-refractivity contribution in [2.45, 2.75) is 18.6 Å². The maximum absolute atomic E-state index is 5.57. The van der Waals surface area contributed by atoms with Crippen LogP contribution in [0.1, 0.15) is 6.42 Å². The third-order valence-corrected chi connectivity index (χ3v) is 4.35. The van der Waals surface area contributed by atoms with Crippen LogP contribution in [0.3, 0.4) is 0 Å². The van der Waals surface area contributed by atoms with E-state index in [-0.39, 0.29) is 12.1 Å². The zero-order valence-corrected chi connectivity index (χ0v) is 14.9. The first-order valence-electron chi connectivity index (χ1n) is 8.04. The van der Waals surface area contributed by atoms with E-state index in [1.807, 2.05) is 6.07 Å². The van der Waals surface area contributed by atoms with Gasteiger partial charge in [-0.15, -0.1) is 0 Å². The van der Waals surface area contributed by atoms with Gasteiger partial charge in [0.05, 0.1) is 45.5 Å². The Labute approximate surface area is 146 Å². The fourth-order valence-electron chi connectivity index (χ4n) is 3.09. The minimum atomic E-state index is -0.00376. The van der Waals surface area contributed by atoms with Crippen molar-refractivity contribution in [3.8, 4) is 17.2 Å². The third-order valence-electron chi connectivity index (χ3n) is 4.35. The first kappa shape index (κ1) is 17.5. The molecule has 0 spiro atoms. The number of nitrogens with one attached hydrogen (secondary N) is 1. The van der Waals surface area contributed by atoms with Gasteiger partial charge in [0.1, 0.15) is 17.7 Å². The van der Waals surface area contributed by atoms with Crippen LogP contribution in [0.2, 0.25) is 0 Å². The van der Waals surface area contributed by atoms with E-state index in [0.717, 1.165) is 11.8 Å². The quantitative estimate of drug-likeness (QED) is 0.846. The summed E-state index contributed by atoms with van der Waals surface area (Å²) in [6.45, 7) is 1.24. The highest BCUT2D eigenvalue weighted by molar-refractivity contribution is 5.96. The van der Waals surface area contributed by atoms with Crippen LogP contribution in [0, 0.1) is 0 Å². The molecule has 2 aromatic rings. The standard InChI is InChI=1S/C17H23N3O5/c1-21-12-5-6-25-8-11(12)20-17-10-7-13(22-2)15(23-3)16(24-4)14(10)18-9-19-17/h7,9,11-12H,5-6,8H2,1-4H3,(H,18,19,20)/t11-,12-/m1/s1. The Hall–Kier alpha value is -2.32. The molecule has 2 heterocycles. The lowest BCUT2D eigenvalue weighted by atomic mass is 10.1. The lowest BCUT2D eigenvalue weighted by Gasteiger charge is -2.31. The Morgan fingerprint density at radius 1 is 1.08 bits per heavy atom. The molecule has 1 aliphatic heterocycles. The Balaban J connectivity index is 2.07. The molecule has 1 saturated heterocycles. The van der Waals surface area contributed by atoms with Crippen LogP contribution in [0.15, 0.2) is 12.4 Å². The van der Waals surface area contributed by atoms with Gasteiger partial charge in [0.15, 0.2) is 11.5 Å². The molecule has 1 aromatic carbocycles. The minimum absolute atomic E-state index is 0.00376. The van der Waals surface area contributed by atoms with Crippen molar-refractivity contribution in [2.75, 3.05) is 47.0 Å². The zero-order valence-electron chi connectivity index (χ0n) is 14.9. The Morgan fingerprint density at radius 3 is 2.56 bits per heavy atom. The highest BCUT2D eigenvalue weighted by atomic mass is 16.5. The van der Waals surface area contributed by atoms with Crippen molar-refractivity contribution < 1.29 is 23.7 Å². The van der Waals surface area contributed by atoms with Gasteiger partial charge in [-0.25, -0.2) is 9.97 Å². The molecule has 1 aliphatic rings. The number of hydrogen-bond acceptors (Lipinski definition) is 8. The average Bonchev–Trinajstić information content (AvgIpc) is 2.67. The smallest absolute Gasteiger partial charge is 0.205 e. The second kappa shape index (κ2) is 7.71.